The van der Waals surface area contributed by atoms with Crippen LogP contribution in [0.25, 0.3) is 0 Å². The van der Waals surface area contributed by atoms with Crippen LogP contribution in [-0.2, 0) is 5.60 Å². The first kappa shape index (κ1) is 10.2. The van der Waals surface area contributed by atoms with Gasteiger partial charge in [0.1, 0.15) is 5.60 Å². The maximum Gasteiger partial charge on any atom is 0.108 e. The van der Waals surface area contributed by atoms with Crippen LogP contribution in [0, 0.1) is 6.92 Å². The van der Waals surface area contributed by atoms with Gasteiger partial charge in [-0.2, -0.15) is 0 Å². The van der Waals surface area contributed by atoms with Gasteiger partial charge in [-0.25, -0.2) is 0 Å². The molecule has 1 aromatic rings. The molecule has 0 bridgehead atoms. The maximum atomic E-state index is 9.80. The van der Waals surface area contributed by atoms with E-state index in [4.69, 9.17) is 5.73 Å². The molecule has 0 aliphatic heterocycles. The number of rotatable bonds is 2. The van der Waals surface area contributed by atoms with Gasteiger partial charge in [0, 0.05) is 20.8 Å². The summed E-state index contributed by atoms with van der Waals surface area (Å²) in [6, 6.07) is 1.92. The highest BCUT2D eigenvalue weighted by atomic mass is 79.9. The highest BCUT2D eigenvalue weighted by Gasteiger charge is 2.23. The minimum atomic E-state index is -0.887. The van der Waals surface area contributed by atoms with Crippen molar-refractivity contribution < 1.29 is 5.11 Å². The van der Waals surface area contributed by atoms with Crippen molar-refractivity contribution >= 4 is 27.3 Å². The first-order valence-electron chi connectivity index (χ1n) is 3.66. The molecule has 0 aromatic carbocycles. The number of hydrogen-bond donors (Lipinski definition) is 2. The van der Waals surface area contributed by atoms with E-state index in [9.17, 15) is 5.11 Å². The second-order valence-electron chi connectivity index (χ2n) is 2.99. The SMILES string of the molecule is Cc1sc(C(C)(O)CN)cc1Br. The molecular formula is C8H12BrNOS. The van der Waals surface area contributed by atoms with Gasteiger partial charge < -0.3 is 10.8 Å². The molecule has 0 aliphatic carbocycles. The second-order valence-corrected chi connectivity index (χ2v) is 5.10. The van der Waals surface area contributed by atoms with Crippen molar-refractivity contribution in [2.45, 2.75) is 19.4 Å². The van der Waals surface area contributed by atoms with Crippen molar-refractivity contribution in [2.24, 2.45) is 5.73 Å². The molecule has 1 unspecified atom stereocenters. The van der Waals surface area contributed by atoms with Gasteiger partial charge in [-0.05, 0) is 35.8 Å². The standard InChI is InChI=1S/C8H12BrNOS/c1-5-6(9)3-7(12-5)8(2,11)4-10/h3,11H,4,10H2,1-2H3. The third kappa shape index (κ3) is 1.88. The van der Waals surface area contributed by atoms with E-state index in [1.54, 1.807) is 18.3 Å². The molecule has 2 nitrogen and oxygen atoms in total. The van der Waals surface area contributed by atoms with Crippen LogP contribution in [0.4, 0.5) is 0 Å². The summed E-state index contributed by atoms with van der Waals surface area (Å²) in [6.07, 6.45) is 0. The molecule has 1 aromatic heterocycles. The zero-order valence-electron chi connectivity index (χ0n) is 7.10. The van der Waals surface area contributed by atoms with Crippen LogP contribution < -0.4 is 5.73 Å². The van der Waals surface area contributed by atoms with Crippen LogP contribution in [-0.4, -0.2) is 11.7 Å². The zero-order valence-corrected chi connectivity index (χ0v) is 9.50. The second kappa shape index (κ2) is 3.46. The quantitative estimate of drug-likeness (QED) is 0.843. The highest BCUT2D eigenvalue weighted by Crippen LogP contribution is 2.32. The maximum absolute atomic E-state index is 9.80. The Morgan fingerprint density at radius 3 is 2.67 bits per heavy atom. The number of thiophene rings is 1. The predicted octanol–water partition coefficient (Wildman–Crippen LogP) is 1.99. The molecule has 1 rings (SSSR count). The molecule has 68 valence electrons. The van der Waals surface area contributed by atoms with E-state index in [1.807, 2.05) is 13.0 Å². The lowest BCUT2D eigenvalue weighted by molar-refractivity contribution is 0.0707. The van der Waals surface area contributed by atoms with Gasteiger partial charge in [-0.3, -0.25) is 0 Å². The van der Waals surface area contributed by atoms with E-state index >= 15 is 0 Å². The zero-order chi connectivity index (χ0) is 9.35. The predicted molar refractivity (Wildman–Crippen MR) is 55.4 cm³/mol. The Hall–Kier alpha value is 0.100. The third-order valence-electron chi connectivity index (χ3n) is 1.79. The van der Waals surface area contributed by atoms with E-state index in [0.29, 0.717) is 0 Å². The molecule has 0 amide bonds. The smallest absolute Gasteiger partial charge is 0.108 e. The van der Waals surface area contributed by atoms with Crippen molar-refractivity contribution in [1.29, 1.82) is 0 Å². The normalized spacial score (nSPS) is 16.1. The van der Waals surface area contributed by atoms with Gasteiger partial charge in [-0.15, -0.1) is 11.3 Å². The third-order valence-corrected chi connectivity index (χ3v) is 4.18. The van der Waals surface area contributed by atoms with Gasteiger partial charge in [0.2, 0.25) is 0 Å². The number of aliphatic hydroxyl groups is 1. The Bertz CT molecular complexity index is 263. The minimum absolute atomic E-state index is 0.249. The van der Waals surface area contributed by atoms with Crippen LogP contribution in [0.1, 0.15) is 16.7 Å². The first-order chi connectivity index (χ1) is 5.47. The Balaban J connectivity index is 3.04. The van der Waals surface area contributed by atoms with Crippen LogP contribution in [0.3, 0.4) is 0 Å². The van der Waals surface area contributed by atoms with E-state index in [0.717, 1.165) is 9.35 Å². The molecule has 1 atom stereocenters. The molecule has 0 saturated carbocycles. The van der Waals surface area contributed by atoms with Crippen molar-refractivity contribution in [3.05, 3.63) is 20.3 Å². The molecule has 12 heavy (non-hydrogen) atoms. The summed E-state index contributed by atoms with van der Waals surface area (Å²) in [5, 5.41) is 9.80. The molecular weight excluding hydrogens is 238 g/mol. The topological polar surface area (TPSA) is 46.2 Å². The summed E-state index contributed by atoms with van der Waals surface area (Å²) >= 11 is 4.97. The van der Waals surface area contributed by atoms with Crippen LogP contribution >= 0.6 is 27.3 Å². The fourth-order valence-corrected chi connectivity index (χ4v) is 2.42. The molecule has 0 fully saturated rings. The molecule has 3 N–H and O–H groups in total. The number of halogens is 1. The van der Waals surface area contributed by atoms with Crippen LogP contribution in [0.5, 0.6) is 0 Å². The Labute approximate surface area is 84.5 Å². The van der Waals surface area contributed by atoms with Crippen molar-refractivity contribution in [2.75, 3.05) is 6.54 Å². The number of hydrogen-bond acceptors (Lipinski definition) is 3. The van der Waals surface area contributed by atoms with Crippen LogP contribution in [0.15, 0.2) is 10.5 Å². The summed E-state index contributed by atoms with van der Waals surface area (Å²) in [6.45, 7) is 3.98. The minimum Gasteiger partial charge on any atom is -0.383 e. The number of nitrogens with two attached hydrogens (primary N) is 1. The molecule has 1 heterocycles. The largest absolute Gasteiger partial charge is 0.383 e. The molecule has 4 heteroatoms. The lowest BCUT2D eigenvalue weighted by atomic mass is 10.1. The highest BCUT2D eigenvalue weighted by molar-refractivity contribution is 9.10. The lowest BCUT2D eigenvalue weighted by Crippen LogP contribution is -2.30. The van der Waals surface area contributed by atoms with E-state index in [1.165, 1.54) is 4.88 Å². The number of aryl methyl sites for hydroxylation is 1. The van der Waals surface area contributed by atoms with Gasteiger partial charge in [0.25, 0.3) is 0 Å². The van der Waals surface area contributed by atoms with E-state index < -0.39 is 5.60 Å². The van der Waals surface area contributed by atoms with E-state index in [-0.39, 0.29) is 6.54 Å². The van der Waals surface area contributed by atoms with Crippen molar-refractivity contribution in [3.63, 3.8) is 0 Å². The average molecular weight is 250 g/mol. The Morgan fingerprint density at radius 2 is 2.33 bits per heavy atom. The van der Waals surface area contributed by atoms with Crippen molar-refractivity contribution in [3.8, 4) is 0 Å². The van der Waals surface area contributed by atoms with Gasteiger partial charge >= 0.3 is 0 Å². The summed E-state index contributed by atoms with van der Waals surface area (Å²) < 4.78 is 1.04. The summed E-state index contributed by atoms with van der Waals surface area (Å²) in [4.78, 5) is 2.08. The molecule has 0 aliphatic rings. The lowest BCUT2D eigenvalue weighted by Gasteiger charge is -2.18. The monoisotopic (exact) mass is 249 g/mol. The molecule has 0 radical (unpaired) electrons. The van der Waals surface area contributed by atoms with E-state index in [2.05, 4.69) is 15.9 Å². The van der Waals surface area contributed by atoms with Gasteiger partial charge in [-0.1, -0.05) is 0 Å². The van der Waals surface area contributed by atoms with Crippen LogP contribution in [0.2, 0.25) is 0 Å². The summed E-state index contributed by atoms with van der Waals surface area (Å²) in [5.74, 6) is 0. The fourth-order valence-electron chi connectivity index (χ4n) is 0.826. The van der Waals surface area contributed by atoms with Crippen molar-refractivity contribution in [1.82, 2.24) is 0 Å². The summed E-state index contributed by atoms with van der Waals surface area (Å²) in [7, 11) is 0. The van der Waals surface area contributed by atoms with Gasteiger partial charge in [0.15, 0.2) is 0 Å². The first-order valence-corrected chi connectivity index (χ1v) is 5.27. The molecule has 0 saturated heterocycles. The fraction of sp³-hybridized carbons (Fsp3) is 0.500. The van der Waals surface area contributed by atoms with Gasteiger partial charge in [0.05, 0.1) is 0 Å². The Kier molecular flexibility index (Phi) is 2.93. The average Bonchev–Trinajstić information content (AvgIpc) is 2.33. The summed E-state index contributed by atoms with van der Waals surface area (Å²) in [5.41, 5.74) is 4.55. The Morgan fingerprint density at radius 1 is 1.75 bits per heavy atom. The molecule has 0 spiro atoms.